The van der Waals surface area contributed by atoms with Crippen LogP contribution in [-0.2, 0) is 22.4 Å². The highest BCUT2D eigenvalue weighted by atomic mass is 16.5. The Balaban J connectivity index is 0.000000190. The van der Waals surface area contributed by atoms with E-state index in [0.717, 1.165) is 79.9 Å². The summed E-state index contributed by atoms with van der Waals surface area (Å²) in [6.45, 7) is 14.4. The molecule has 2 aromatic rings. The lowest BCUT2D eigenvalue weighted by Crippen LogP contribution is -2.50. The molecule has 10 heteroatoms. The van der Waals surface area contributed by atoms with Crippen molar-refractivity contribution in [1.29, 1.82) is 0 Å². The van der Waals surface area contributed by atoms with Gasteiger partial charge in [0.15, 0.2) is 0 Å². The number of carbonyl (C=O) groups is 3. The Hall–Kier alpha value is -3.79. The fraction of sp³-hybridized carbons (Fsp3) is 0.605. The number of ether oxygens (including phenoxy) is 1. The van der Waals surface area contributed by atoms with E-state index < -0.39 is 0 Å². The molecule has 3 saturated heterocycles. The van der Waals surface area contributed by atoms with E-state index in [1.807, 2.05) is 56.0 Å². The smallest absolute Gasteiger partial charge is 0.409 e. The Morgan fingerprint density at radius 1 is 0.917 bits per heavy atom. The van der Waals surface area contributed by atoms with Gasteiger partial charge in [0.05, 0.1) is 7.11 Å². The molecule has 6 rings (SSSR count). The minimum absolute atomic E-state index is 0.0123. The van der Waals surface area contributed by atoms with Gasteiger partial charge in [-0.15, -0.1) is 0 Å². The fourth-order valence-electron chi connectivity index (χ4n) is 7.90. The van der Waals surface area contributed by atoms with Crippen molar-refractivity contribution >= 4 is 23.7 Å². The number of likely N-dealkylation sites (tertiary alicyclic amines) is 3. The van der Waals surface area contributed by atoms with Gasteiger partial charge in [-0.2, -0.15) is 0 Å². The number of carbonyl (C=O) groups excluding carboxylic acids is 3. The van der Waals surface area contributed by atoms with E-state index >= 15 is 0 Å². The second kappa shape index (κ2) is 16.1. The molecule has 262 valence electrons. The highest BCUT2D eigenvalue weighted by Crippen LogP contribution is 2.28. The highest BCUT2D eigenvalue weighted by molar-refractivity contribution is 5.91. The second-order valence-corrected chi connectivity index (χ2v) is 14.3. The lowest BCUT2D eigenvalue weighted by atomic mass is 9.95. The highest BCUT2D eigenvalue weighted by Gasteiger charge is 2.33. The average molecular weight is 662 g/mol. The molecular formula is C38H55N5O5. The molecule has 0 unspecified atom stereocenters. The summed E-state index contributed by atoms with van der Waals surface area (Å²) in [6, 6.07) is 12.7. The van der Waals surface area contributed by atoms with Crippen LogP contribution in [0.25, 0.3) is 0 Å². The summed E-state index contributed by atoms with van der Waals surface area (Å²) in [5.41, 5.74) is 4.99. The Labute approximate surface area is 286 Å². The molecule has 4 aliphatic rings. The number of hydrogen-bond donors (Lipinski definition) is 2. The monoisotopic (exact) mass is 661 g/mol. The maximum atomic E-state index is 12.9. The van der Waals surface area contributed by atoms with Gasteiger partial charge >= 0.3 is 12.1 Å². The normalized spacial score (nSPS) is 21.5. The number of urea groups is 1. The van der Waals surface area contributed by atoms with E-state index in [1.54, 1.807) is 4.90 Å². The van der Waals surface area contributed by atoms with Gasteiger partial charge in [-0.05, 0) is 99.6 Å². The molecule has 0 saturated carbocycles. The lowest BCUT2D eigenvalue weighted by molar-refractivity contribution is -0.136. The number of amides is 4. The number of phenols is 1. The number of nitrogens with zero attached hydrogens (tertiary/aromatic N) is 4. The SMILES string of the molecule is COC(=O)N1CCC(N2CCc3ccccc3NC2=O)CC1.Cc1cc(C[C@@H](C)C(=O)N2CCC(N3CC[C@@H](C)C3)CC2)cc(C)c1O. The topological polar surface area (TPSA) is 106 Å². The standard InChI is InChI=1S/C22H34N2O2.C16H21N3O3/c1-15-5-8-24(14-15)20-6-9-23(10-7-20)22(26)18(4)13-19-11-16(2)21(25)17(3)12-19;1-22-16(21)18-9-7-13(8-10-18)19-11-6-12-4-2-3-5-14(12)17-15(19)20/h11-12,15,18,20,25H,5-10,13-14H2,1-4H3;2-5,13H,6-11H2,1H3,(H,17,20)/t15-,18-;/m1./s1. The van der Waals surface area contributed by atoms with Crippen molar-refractivity contribution in [2.24, 2.45) is 11.8 Å². The number of rotatable bonds is 5. The molecule has 4 amide bonds. The molecule has 10 nitrogen and oxygen atoms in total. The van der Waals surface area contributed by atoms with Crippen molar-refractivity contribution in [3.05, 3.63) is 58.7 Å². The number of hydrogen-bond acceptors (Lipinski definition) is 6. The summed E-state index contributed by atoms with van der Waals surface area (Å²) < 4.78 is 4.75. The van der Waals surface area contributed by atoms with Crippen LogP contribution in [0.3, 0.4) is 0 Å². The summed E-state index contributed by atoms with van der Waals surface area (Å²) in [5.74, 6) is 1.46. The molecule has 2 N–H and O–H groups in total. The van der Waals surface area contributed by atoms with Crippen molar-refractivity contribution in [1.82, 2.24) is 19.6 Å². The van der Waals surface area contributed by atoms with Crippen molar-refractivity contribution in [3.8, 4) is 5.75 Å². The minimum Gasteiger partial charge on any atom is -0.507 e. The Morgan fingerprint density at radius 3 is 2.17 bits per heavy atom. The van der Waals surface area contributed by atoms with Gasteiger partial charge in [-0.25, -0.2) is 9.59 Å². The van der Waals surface area contributed by atoms with Gasteiger partial charge in [-0.1, -0.05) is 44.2 Å². The van der Waals surface area contributed by atoms with Crippen LogP contribution in [-0.4, -0.2) is 108 Å². The molecule has 2 atom stereocenters. The predicted octanol–water partition coefficient (Wildman–Crippen LogP) is 5.83. The third kappa shape index (κ3) is 8.62. The first-order chi connectivity index (χ1) is 23.0. The van der Waals surface area contributed by atoms with Crippen LogP contribution >= 0.6 is 0 Å². The molecule has 0 spiro atoms. The van der Waals surface area contributed by atoms with Gasteiger partial charge in [0.2, 0.25) is 5.91 Å². The van der Waals surface area contributed by atoms with E-state index in [0.29, 0.717) is 31.4 Å². The molecule has 4 heterocycles. The zero-order valence-corrected chi connectivity index (χ0v) is 29.5. The van der Waals surface area contributed by atoms with Crippen molar-refractivity contribution in [2.75, 3.05) is 58.2 Å². The van der Waals surface area contributed by atoms with Gasteiger partial charge in [0.25, 0.3) is 0 Å². The number of nitrogens with one attached hydrogen (secondary N) is 1. The van der Waals surface area contributed by atoms with Crippen molar-refractivity contribution in [2.45, 2.75) is 84.7 Å². The average Bonchev–Trinajstić information content (AvgIpc) is 3.46. The molecule has 48 heavy (non-hydrogen) atoms. The fourth-order valence-corrected chi connectivity index (χ4v) is 7.90. The van der Waals surface area contributed by atoms with Gasteiger partial charge in [-0.3, -0.25) is 9.69 Å². The van der Waals surface area contributed by atoms with Crippen molar-refractivity contribution in [3.63, 3.8) is 0 Å². The summed E-state index contributed by atoms with van der Waals surface area (Å²) >= 11 is 0. The lowest BCUT2D eigenvalue weighted by Gasteiger charge is -2.37. The Bertz CT molecular complexity index is 1410. The summed E-state index contributed by atoms with van der Waals surface area (Å²) in [5, 5.41) is 12.9. The number of fused-ring (bicyclic) bond motifs is 1. The number of aryl methyl sites for hydroxylation is 2. The van der Waals surface area contributed by atoms with Gasteiger partial charge in [0.1, 0.15) is 5.75 Å². The number of benzene rings is 2. The van der Waals surface area contributed by atoms with Crippen LogP contribution in [0.1, 0.15) is 68.2 Å². The first kappa shape index (κ1) is 35.5. The van der Waals surface area contributed by atoms with Gasteiger partial charge in [0, 0.05) is 63.0 Å². The Kier molecular flexibility index (Phi) is 11.9. The molecule has 0 bridgehead atoms. The van der Waals surface area contributed by atoms with E-state index in [-0.39, 0.29) is 30.0 Å². The summed E-state index contributed by atoms with van der Waals surface area (Å²) in [4.78, 5) is 45.2. The molecule has 4 aliphatic heterocycles. The summed E-state index contributed by atoms with van der Waals surface area (Å²) in [6.07, 6.45) is 6.44. The second-order valence-electron chi connectivity index (χ2n) is 14.3. The number of aromatic hydroxyl groups is 1. The third-order valence-corrected chi connectivity index (χ3v) is 10.7. The predicted molar refractivity (Wildman–Crippen MR) is 188 cm³/mol. The van der Waals surface area contributed by atoms with E-state index in [9.17, 15) is 19.5 Å². The quantitative estimate of drug-likeness (QED) is 0.418. The number of methoxy groups -OCH3 is 1. The molecule has 0 radical (unpaired) electrons. The number of para-hydroxylation sites is 1. The van der Waals surface area contributed by atoms with Crippen LogP contribution in [0.4, 0.5) is 15.3 Å². The van der Waals surface area contributed by atoms with Gasteiger partial charge < -0.3 is 29.9 Å². The van der Waals surface area contributed by atoms with E-state index in [4.69, 9.17) is 4.74 Å². The molecule has 0 aliphatic carbocycles. The van der Waals surface area contributed by atoms with E-state index in [2.05, 4.69) is 28.1 Å². The summed E-state index contributed by atoms with van der Waals surface area (Å²) in [7, 11) is 1.40. The zero-order chi connectivity index (χ0) is 34.4. The third-order valence-electron chi connectivity index (χ3n) is 10.7. The molecule has 3 fully saturated rings. The zero-order valence-electron chi connectivity index (χ0n) is 29.5. The Morgan fingerprint density at radius 2 is 1.54 bits per heavy atom. The molecule has 2 aromatic carbocycles. The number of piperidine rings is 2. The van der Waals surface area contributed by atoms with Crippen LogP contribution < -0.4 is 5.32 Å². The van der Waals surface area contributed by atoms with Crippen molar-refractivity contribution < 1.29 is 24.2 Å². The van der Waals surface area contributed by atoms with Crippen LogP contribution in [0, 0.1) is 25.7 Å². The molecular weight excluding hydrogens is 606 g/mol. The first-order valence-corrected chi connectivity index (χ1v) is 17.8. The first-order valence-electron chi connectivity index (χ1n) is 17.8. The maximum absolute atomic E-state index is 12.9. The van der Waals surface area contributed by atoms with Crippen LogP contribution in [0.5, 0.6) is 5.75 Å². The molecule has 0 aromatic heterocycles. The van der Waals surface area contributed by atoms with Crippen LogP contribution in [0.2, 0.25) is 0 Å². The minimum atomic E-state index is -0.286. The largest absolute Gasteiger partial charge is 0.507 e. The van der Waals surface area contributed by atoms with Crippen LogP contribution in [0.15, 0.2) is 36.4 Å². The van der Waals surface area contributed by atoms with E-state index in [1.165, 1.54) is 32.2 Å². The number of anilines is 1. The maximum Gasteiger partial charge on any atom is 0.409 e. The number of phenolic OH excluding ortho intramolecular Hbond substituents is 1.